The number of anilines is 2. The van der Waals surface area contributed by atoms with Crippen molar-refractivity contribution in [3.05, 3.63) is 72.3 Å². The largest absolute Gasteiger partial charge is 0.508 e. The van der Waals surface area contributed by atoms with Crippen molar-refractivity contribution >= 4 is 17.2 Å². The third kappa shape index (κ3) is 4.23. The van der Waals surface area contributed by atoms with E-state index in [1.807, 2.05) is 36.4 Å². The number of hydrogen-bond acceptors (Lipinski definition) is 6. The maximum atomic E-state index is 9.71. The van der Waals surface area contributed by atoms with E-state index in [-0.39, 0.29) is 11.2 Å². The second-order valence-corrected chi connectivity index (χ2v) is 7.42. The van der Waals surface area contributed by atoms with E-state index in [1.54, 1.807) is 18.2 Å². The van der Waals surface area contributed by atoms with Crippen LogP contribution < -0.4 is 16.8 Å². The van der Waals surface area contributed by atoms with Crippen molar-refractivity contribution in [1.29, 1.82) is 0 Å². The molecule has 6 nitrogen and oxygen atoms in total. The van der Waals surface area contributed by atoms with Crippen molar-refractivity contribution in [2.75, 3.05) is 17.6 Å². The summed E-state index contributed by atoms with van der Waals surface area (Å²) in [7, 11) is 0. The molecule has 0 fully saturated rings. The first-order valence-corrected chi connectivity index (χ1v) is 8.98. The predicted molar refractivity (Wildman–Crippen MR) is 115 cm³/mol. The van der Waals surface area contributed by atoms with Gasteiger partial charge in [-0.25, -0.2) is 0 Å². The number of benzene rings is 2. The molecule has 3 aromatic rings. The van der Waals surface area contributed by atoms with E-state index in [1.165, 1.54) is 0 Å². The molecule has 0 bridgehead atoms. The minimum absolute atomic E-state index is 0.188. The fraction of sp³-hybridized carbons (Fsp3) is 0.182. The lowest BCUT2D eigenvalue weighted by molar-refractivity contribution is 0.469. The predicted octanol–water partition coefficient (Wildman–Crippen LogP) is 3.75. The van der Waals surface area contributed by atoms with Gasteiger partial charge in [0, 0.05) is 34.5 Å². The van der Waals surface area contributed by atoms with Crippen molar-refractivity contribution < 1.29 is 5.11 Å². The van der Waals surface area contributed by atoms with Crippen molar-refractivity contribution in [3.8, 4) is 17.0 Å². The van der Waals surface area contributed by atoms with Crippen LogP contribution in [0.25, 0.3) is 17.0 Å². The molecule has 1 heterocycles. The molecule has 0 spiro atoms. The molecule has 0 saturated heterocycles. The molecule has 28 heavy (non-hydrogen) atoms. The fourth-order valence-corrected chi connectivity index (χ4v) is 2.91. The quantitative estimate of drug-likeness (QED) is 0.489. The third-order valence-electron chi connectivity index (χ3n) is 4.70. The molecule has 0 amide bonds. The van der Waals surface area contributed by atoms with Gasteiger partial charge in [-0.2, -0.15) is 0 Å². The van der Waals surface area contributed by atoms with E-state index in [2.05, 4.69) is 35.9 Å². The Bertz CT molecular complexity index is 996. The Kier molecular flexibility index (Phi) is 5.22. The molecule has 6 heteroatoms. The molecule has 0 unspecified atom stereocenters. The average molecular weight is 375 g/mol. The van der Waals surface area contributed by atoms with Crippen LogP contribution in [0.5, 0.6) is 5.75 Å². The smallest absolute Gasteiger partial charge is 0.148 e. The highest BCUT2D eigenvalue weighted by Crippen LogP contribution is 2.27. The van der Waals surface area contributed by atoms with Crippen LogP contribution in [0.4, 0.5) is 11.5 Å². The first-order valence-electron chi connectivity index (χ1n) is 8.98. The molecule has 2 aromatic carbocycles. The van der Waals surface area contributed by atoms with E-state index in [0.717, 1.165) is 16.8 Å². The van der Waals surface area contributed by atoms with Crippen molar-refractivity contribution in [2.45, 2.75) is 19.3 Å². The number of aromatic hydroxyl groups is 1. The second-order valence-electron chi connectivity index (χ2n) is 7.42. The number of rotatable bonds is 6. The van der Waals surface area contributed by atoms with E-state index in [9.17, 15) is 5.11 Å². The van der Waals surface area contributed by atoms with E-state index >= 15 is 0 Å². The zero-order valence-electron chi connectivity index (χ0n) is 16.1. The van der Waals surface area contributed by atoms with Gasteiger partial charge in [-0.3, -0.25) is 0 Å². The Hall–Kier alpha value is -3.54. The molecule has 0 radical (unpaired) electrons. The topological polar surface area (TPSA) is 110 Å². The highest BCUT2D eigenvalue weighted by molar-refractivity contribution is 5.77. The number of nitrogen functional groups attached to an aromatic ring is 1. The maximum Gasteiger partial charge on any atom is 0.148 e. The van der Waals surface area contributed by atoms with Gasteiger partial charge in [0.1, 0.15) is 11.6 Å². The van der Waals surface area contributed by atoms with Gasteiger partial charge in [-0.15, -0.1) is 10.2 Å². The minimum atomic E-state index is -0.188. The lowest BCUT2D eigenvalue weighted by Gasteiger charge is -2.26. The fourth-order valence-electron chi connectivity index (χ4n) is 2.91. The number of nitrogens with two attached hydrogens (primary N) is 2. The van der Waals surface area contributed by atoms with Crippen LogP contribution in [0.3, 0.4) is 0 Å². The summed E-state index contributed by atoms with van der Waals surface area (Å²) in [6.45, 7) is 8.60. The van der Waals surface area contributed by atoms with Crippen LogP contribution in [0.2, 0.25) is 0 Å². The maximum absolute atomic E-state index is 9.71. The molecule has 0 aliphatic heterocycles. The highest BCUT2D eigenvalue weighted by atomic mass is 16.3. The molecule has 0 atom stereocenters. The summed E-state index contributed by atoms with van der Waals surface area (Å²) < 4.78 is 0. The van der Waals surface area contributed by atoms with Gasteiger partial charge in [-0.1, -0.05) is 38.6 Å². The summed E-state index contributed by atoms with van der Waals surface area (Å²) in [6.07, 6.45) is 0. The lowest BCUT2D eigenvalue weighted by atomic mass is 9.84. The van der Waals surface area contributed by atoms with Crippen LogP contribution in [0, 0.1) is 0 Å². The average Bonchev–Trinajstić information content (AvgIpc) is 2.67. The Labute approximate surface area is 164 Å². The second kappa shape index (κ2) is 7.60. The van der Waals surface area contributed by atoms with Gasteiger partial charge in [0.05, 0.1) is 5.69 Å². The third-order valence-corrected chi connectivity index (χ3v) is 4.70. The normalized spacial score (nSPS) is 11.2. The first kappa shape index (κ1) is 19.2. The van der Waals surface area contributed by atoms with Crippen LogP contribution in [0.15, 0.2) is 61.2 Å². The van der Waals surface area contributed by atoms with Crippen LogP contribution in [0.1, 0.15) is 25.0 Å². The van der Waals surface area contributed by atoms with Gasteiger partial charge in [0.15, 0.2) is 0 Å². The molecular weight excluding hydrogens is 350 g/mol. The van der Waals surface area contributed by atoms with Crippen molar-refractivity contribution in [1.82, 2.24) is 10.2 Å². The first-order chi connectivity index (χ1) is 13.3. The number of phenols is 1. The van der Waals surface area contributed by atoms with E-state index in [0.29, 0.717) is 29.3 Å². The van der Waals surface area contributed by atoms with Gasteiger partial charge < -0.3 is 21.9 Å². The number of aromatic nitrogens is 2. The standard InChI is InChI=1S/C22H25N5O/c1-14(23)18-11-15(7-8-19(18)24)20-9-10-21(27-26-20)25-13-22(2,3)16-5-4-6-17(28)12-16/h4-12,28H,1,13,23-24H2,2-3H3,(H,25,27). The van der Waals surface area contributed by atoms with Gasteiger partial charge in [-0.05, 0) is 42.0 Å². The number of nitrogens with zero attached hydrogens (tertiary/aromatic N) is 2. The Morgan fingerprint density at radius 3 is 2.54 bits per heavy atom. The molecule has 1 aromatic heterocycles. The molecular formula is C22H25N5O. The summed E-state index contributed by atoms with van der Waals surface area (Å²) >= 11 is 0. The highest BCUT2D eigenvalue weighted by Gasteiger charge is 2.21. The zero-order chi connectivity index (χ0) is 20.3. The van der Waals surface area contributed by atoms with Crippen molar-refractivity contribution in [2.24, 2.45) is 5.73 Å². The summed E-state index contributed by atoms with van der Waals surface area (Å²) in [5.41, 5.74) is 15.9. The molecule has 0 aliphatic carbocycles. The van der Waals surface area contributed by atoms with Gasteiger partial charge >= 0.3 is 0 Å². The Balaban J connectivity index is 1.73. The van der Waals surface area contributed by atoms with Crippen LogP contribution in [-0.2, 0) is 5.41 Å². The summed E-state index contributed by atoms with van der Waals surface area (Å²) in [5, 5.41) is 21.6. The van der Waals surface area contributed by atoms with Crippen LogP contribution >= 0.6 is 0 Å². The molecule has 144 valence electrons. The number of hydrogen-bond donors (Lipinski definition) is 4. The summed E-state index contributed by atoms with van der Waals surface area (Å²) in [5.74, 6) is 0.939. The Morgan fingerprint density at radius 2 is 1.89 bits per heavy atom. The SMILES string of the molecule is C=C(N)c1cc(-c2ccc(NCC(C)(C)c3cccc(O)c3)nn2)ccc1N. The molecule has 6 N–H and O–H groups in total. The number of nitrogens with one attached hydrogen (secondary N) is 1. The van der Waals surface area contributed by atoms with E-state index in [4.69, 9.17) is 11.5 Å². The summed E-state index contributed by atoms with van der Waals surface area (Å²) in [4.78, 5) is 0. The van der Waals surface area contributed by atoms with Gasteiger partial charge in [0.25, 0.3) is 0 Å². The minimum Gasteiger partial charge on any atom is -0.508 e. The van der Waals surface area contributed by atoms with Crippen LogP contribution in [-0.4, -0.2) is 21.8 Å². The molecule has 0 aliphatic rings. The summed E-state index contributed by atoms with van der Waals surface area (Å²) in [6, 6.07) is 16.6. The molecule has 3 rings (SSSR count). The number of phenolic OH excluding ortho intramolecular Hbond substituents is 1. The van der Waals surface area contributed by atoms with Crippen molar-refractivity contribution in [3.63, 3.8) is 0 Å². The lowest BCUT2D eigenvalue weighted by Crippen LogP contribution is -2.27. The van der Waals surface area contributed by atoms with E-state index < -0.39 is 0 Å². The monoisotopic (exact) mass is 375 g/mol. The Morgan fingerprint density at radius 1 is 1.11 bits per heavy atom. The zero-order valence-corrected chi connectivity index (χ0v) is 16.1. The molecule has 0 saturated carbocycles. The van der Waals surface area contributed by atoms with Gasteiger partial charge in [0.2, 0.25) is 0 Å².